The fourth-order valence-electron chi connectivity index (χ4n) is 1.89. The predicted octanol–water partition coefficient (Wildman–Crippen LogP) is 1.13. The third-order valence-corrected chi connectivity index (χ3v) is 4.26. The molecule has 0 spiro atoms. The van der Waals surface area contributed by atoms with Gasteiger partial charge >= 0.3 is 6.18 Å². The van der Waals surface area contributed by atoms with Gasteiger partial charge in [0.1, 0.15) is 0 Å². The van der Waals surface area contributed by atoms with E-state index >= 15 is 0 Å². The maximum Gasteiger partial charge on any atom is 0.389 e. The maximum atomic E-state index is 11.9. The minimum absolute atomic E-state index is 0.229. The van der Waals surface area contributed by atoms with Gasteiger partial charge < -0.3 is 5.73 Å². The van der Waals surface area contributed by atoms with E-state index in [-0.39, 0.29) is 12.1 Å². The highest BCUT2D eigenvalue weighted by Crippen LogP contribution is 2.22. The largest absolute Gasteiger partial charge is 0.389 e. The van der Waals surface area contributed by atoms with Gasteiger partial charge in [0.05, 0.1) is 5.75 Å². The molecule has 1 saturated carbocycles. The normalized spacial score (nSPS) is 26.4. The molecule has 17 heavy (non-hydrogen) atoms. The van der Waals surface area contributed by atoms with Crippen LogP contribution in [0.15, 0.2) is 0 Å². The predicted molar refractivity (Wildman–Crippen MR) is 57.8 cm³/mol. The van der Waals surface area contributed by atoms with Crippen molar-refractivity contribution in [3.05, 3.63) is 0 Å². The second kappa shape index (κ2) is 5.53. The zero-order valence-corrected chi connectivity index (χ0v) is 10.1. The van der Waals surface area contributed by atoms with Gasteiger partial charge in [0.15, 0.2) is 0 Å². The molecule has 3 N–H and O–H groups in total. The molecule has 1 rings (SSSR count). The Morgan fingerprint density at radius 3 is 2.41 bits per heavy atom. The van der Waals surface area contributed by atoms with Crippen molar-refractivity contribution in [1.29, 1.82) is 0 Å². The van der Waals surface area contributed by atoms with Crippen molar-refractivity contribution < 1.29 is 21.6 Å². The van der Waals surface area contributed by atoms with Crippen LogP contribution in [-0.2, 0) is 10.0 Å². The van der Waals surface area contributed by atoms with Gasteiger partial charge in [-0.25, -0.2) is 13.1 Å². The van der Waals surface area contributed by atoms with Crippen LogP contribution >= 0.6 is 0 Å². The standard InChI is InChI=1S/C9H17F3N2O2S/c10-9(11,12)5-2-6-17(15,16)14-8-4-1-3-7(8)13/h7-8,14H,1-6,13H2. The van der Waals surface area contributed by atoms with Gasteiger partial charge in [-0.3, -0.25) is 0 Å². The minimum atomic E-state index is -4.31. The summed E-state index contributed by atoms with van der Waals surface area (Å²) in [5.41, 5.74) is 5.68. The Morgan fingerprint density at radius 2 is 1.94 bits per heavy atom. The van der Waals surface area contributed by atoms with Crippen LogP contribution in [-0.4, -0.2) is 32.4 Å². The number of nitrogens with one attached hydrogen (secondary N) is 1. The van der Waals surface area contributed by atoms with Gasteiger partial charge in [0, 0.05) is 18.5 Å². The van der Waals surface area contributed by atoms with Gasteiger partial charge in [-0.05, 0) is 19.3 Å². The summed E-state index contributed by atoms with van der Waals surface area (Å²) >= 11 is 0. The van der Waals surface area contributed by atoms with Gasteiger partial charge in [-0.1, -0.05) is 6.42 Å². The van der Waals surface area contributed by atoms with Crippen LogP contribution in [0.2, 0.25) is 0 Å². The molecule has 0 aromatic carbocycles. The van der Waals surface area contributed by atoms with Crippen molar-refractivity contribution in [2.75, 3.05) is 5.75 Å². The minimum Gasteiger partial charge on any atom is -0.326 e. The molecule has 102 valence electrons. The van der Waals surface area contributed by atoms with Crippen LogP contribution in [0, 0.1) is 0 Å². The molecule has 0 saturated heterocycles. The third-order valence-electron chi connectivity index (χ3n) is 2.77. The van der Waals surface area contributed by atoms with Crippen LogP contribution < -0.4 is 10.5 Å². The molecule has 0 aromatic rings. The lowest BCUT2D eigenvalue weighted by Gasteiger charge is -2.17. The Balaban J connectivity index is 2.36. The highest BCUT2D eigenvalue weighted by atomic mass is 32.2. The third kappa shape index (κ3) is 5.69. The van der Waals surface area contributed by atoms with E-state index in [1.54, 1.807) is 0 Å². The first kappa shape index (κ1) is 14.7. The topological polar surface area (TPSA) is 72.2 Å². The summed E-state index contributed by atoms with van der Waals surface area (Å²) in [6, 6.07) is -0.557. The summed E-state index contributed by atoms with van der Waals surface area (Å²) in [4.78, 5) is 0. The number of nitrogens with two attached hydrogens (primary N) is 1. The number of rotatable bonds is 5. The van der Waals surface area contributed by atoms with E-state index in [4.69, 9.17) is 5.73 Å². The van der Waals surface area contributed by atoms with E-state index in [1.807, 2.05) is 0 Å². The summed E-state index contributed by atoms with van der Waals surface area (Å²) in [5, 5.41) is 0. The van der Waals surface area contributed by atoms with E-state index in [2.05, 4.69) is 4.72 Å². The van der Waals surface area contributed by atoms with Gasteiger partial charge in [-0.2, -0.15) is 13.2 Å². The fourth-order valence-corrected chi connectivity index (χ4v) is 3.28. The van der Waals surface area contributed by atoms with Crippen LogP contribution in [0.4, 0.5) is 13.2 Å². The van der Waals surface area contributed by atoms with Crippen molar-refractivity contribution in [2.24, 2.45) is 5.73 Å². The second-order valence-corrected chi connectivity index (χ2v) is 6.23. The number of hydrogen-bond donors (Lipinski definition) is 2. The molecular formula is C9H17F3N2O2S. The SMILES string of the molecule is NC1CCCC1NS(=O)(=O)CCCC(F)(F)F. The smallest absolute Gasteiger partial charge is 0.326 e. The lowest BCUT2D eigenvalue weighted by atomic mass is 10.2. The van der Waals surface area contributed by atoms with Crippen LogP contribution in [0.3, 0.4) is 0 Å². The molecule has 0 radical (unpaired) electrons. The van der Waals surface area contributed by atoms with E-state index in [0.29, 0.717) is 6.42 Å². The Morgan fingerprint density at radius 1 is 1.29 bits per heavy atom. The number of alkyl halides is 3. The van der Waals surface area contributed by atoms with Crippen molar-refractivity contribution >= 4 is 10.0 Å². The second-order valence-electron chi connectivity index (χ2n) is 4.36. The highest BCUT2D eigenvalue weighted by Gasteiger charge is 2.30. The molecule has 1 aliphatic rings. The molecule has 2 atom stereocenters. The molecule has 0 amide bonds. The van der Waals surface area contributed by atoms with Crippen molar-refractivity contribution in [3.8, 4) is 0 Å². The number of sulfonamides is 1. The highest BCUT2D eigenvalue weighted by molar-refractivity contribution is 7.89. The monoisotopic (exact) mass is 274 g/mol. The van der Waals surface area contributed by atoms with Gasteiger partial charge in [0.2, 0.25) is 10.0 Å². The Hall–Kier alpha value is -0.340. The van der Waals surface area contributed by atoms with Crippen LogP contribution in [0.25, 0.3) is 0 Å². The average Bonchev–Trinajstić information content (AvgIpc) is 2.48. The van der Waals surface area contributed by atoms with E-state index < -0.39 is 34.8 Å². The number of hydrogen-bond acceptors (Lipinski definition) is 3. The molecule has 0 bridgehead atoms. The van der Waals surface area contributed by atoms with Gasteiger partial charge in [-0.15, -0.1) is 0 Å². The first-order chi connectivity index (χ1) is 7.70. The first-order valence-corrected chi connectivity index (χ1v) is 7.17. The zero-order valence-electron chi connectivity index (χ0n) is 9.33. The molecule has 0 aromatic heterocycles. The summed E-state index contributed by atoms with van der Waals surface area (Å²) in [6.45, 7) is 0. The summed E-state index contributed by atoms with van der Waals surface area (Å²) in [6.07, 6.45) is -3.56. The maximum absolute atomic E-state index is 11.9. The van der Waals surface area contributed by atoms with E-state index in [0.717, 1.165) is 12.8 Å². The Kier molecular flexibility index (Phi) is 4.79. The molecule has 0 heterocycles. The fraction of sp³-hybridized carbons (Fsp3) is 1.00. The molecule has 1 fully saturated rings. The van der Waals surface area contributed by atoms with Crippen molar-refractivity contribution in [3.63, 3.8) is 0 Å². The van der Waals surface area contributed by atoms with Gasteiger partial charge in [0.25, 0.3) is 0 Å². The zero-order chi connectivity index (χ0) is 13.1. The average molecular weight is 274 g/mol. The van der Waals surface area contributed by atoms with Crippen LogP contribution in [0.1, 0.15) is 32.1 Å². The van der Waals surface area contributed by atoms with E-state index in [1.165, 1.54) is 0 Å². The molecule has 2 unspecified atom stereocenters. The van der Waals surface area contributed by atoms with E-state index in [9.17, 15) is 21.6 Å². The lowest BCUT2D eigenvalue weighted by Crippen LogP contribution is -2.44. The Bertz CT molecular complexity index is 343. The Labute approximate surface area is 98.8 Å². The van der Waals surface area contributed by atoms with Crippen molar-refractivity contribution in [2.45, 2.75) is 50.4 Å². The molecular weight excluding hydrogens is 257 g/mol. The quantitative estimate of drug-likeness (QED) is 0.789. The summed E-state index contributed by atoms with van der Waals surface area (Å²) in [5.74, 6) is -0.504. The number of halogens is 3. The molecule has 8 heteroatoms. The molecule has 4 nitrogen and oxygen atoms in total. The summed E-state index contributed by atoms with van der Waals surface area (Å²) in [7, 11) is -3.65. The first-order valence-electron chi connectivity index (χ1n) is 5.52. The molecule has 0 aliphatic heterocycles. The lowest BCUT2D eigenvalue weighted by molar-refractivity contribution is -0.134. The summed E-state index contributed by atoms with van der Waals surface area (Å²) < 4.78 is 60.9. The van der Waals surface area contributed by atoms with Crippen LogP contribution in [0.5, 0.6) is 0 Å². The van der Waals surface area contributed by atoms with Crippen molar-refractivity contribution in [1.82, 2.24) is 4.72 Å². The molecule has 1 aliphatic carbocycles.